The van der Waals surface area contributed by atoms with Crippen LogP contribution in [0.4, 0.5) is 0 Å². The average molecular weight is 559 g/mol. The normalized spacial score (nSPS) is 10.6. The number of carbonyl (C=O) groups excluding carboxylic acids is 4. The number of para-hydroxylation sites is 1. The highest BCUT2D eigenvalue weighted by atomic mass is 16.6. The molecule has 0 N–H and O–H groups in total. The predicted molar refractivity (Wildman–Crippen MR) is 149 cm³/mol. The van der Waals surface area contributed by atoms with Crippen molar-refractivity contribution in [3.63, 3.8) is 0 Å². The van der Waals surface area contributed by atoms with Crippen LogP contribution in [-0.2, 0) is 51.2 Å². The Morgan fingerprint density at radius 1 is 0.700 bits per heavy atom. The average Bonchev–Trinajstić information content (AvgIpc) is 2.96. The summed E-state index contributed by atoms with van der Waals surface area (Å²) in [7, 11) is 0. The van der Waals surface area contributed by atoms with Gasteiger partial charge in [0.15, 0.2) is 11.3 Å². The van der Waals surface area contributed by atoms with Crippen molar-refractivity contribution < 1.29 is 42.9 Å². The minimum Gasteiger partial charge on any atom is -0.489 e. The molecule has 0 aromatic heterocycles. The van der Waals surface area contributed by atoms with Gasteiger partial charge in [-0.05, 0) is 71.6 Å². The first kappa shape index (κ1) is 34.1. The molecule has 0 aliphatic carbocycles. The van der Waals surface area contributed by atoms with Crippen LogP contribution in [0, 0.1) is 11.3 Å². The maximum absolute atomic E-state index is 12.4. The van der Waals surface area contributed by atoms with E-state index in [1.54, 1.807) is 34.6 Å². The second-order valence-electron chi connectivity index (χ2n) is 8.88. The first-order valence-electron chi connectivity index (χ1n) is 13.6. The third-order valence-electron chi connectivity index (χ3n) is 5.84. The number of ether oxygens (including phenoxy) is 5. The summed E-state index contributed by atoms with van der Waals surface area (Å²) in [5, 5.41) is 0. The van der Waals surface area contributed by atoms with Crippen molar-refractivity contribution in [1.82, 2.24) is 0 Å². The lowest BCUT2D eigenvalue weighted by Gasteiger charge is -2.25. The summed E-state index contributed by atoms with van der Waals surface area (Å²) < 4.78 is 25.5. The number of hydrogen-bond donors (Lipinski definition) is 0. The fourth-order valence-electron chi connectivity index (χ4n) is 3.47. The van der Waals surface area contributed by atoms with Crippen molar-refractivity contribution in [1.29, 1.82) is 0 Å². The van der Waals surface area contributed by atoms with Gasteiger partial charge in [-0.1, -0.05) is 48.5 Å². The number of rotatable bonds is 14. The van der Waals surface area contributed by atoms with Crippen LogP contribution in [0.2, 0.25) is 0 Å². The fraction of sp³-hybridized carbons (Fsp3) is 0.484. The minimum atomic E-state index is -1.35. The van der Waals surface area contributed by atoms with E-state index in [1.165, 1.54) is 6.92 Å². The molecule has 40 heavy (non-hydrogen) atoms. The predicted octanol–water partition coefficient (Wildman–Crippen LogP) is 5.08. The van der Waals surface area contributed by atoms with E-state index in [1.807, 2.05) is 54.6 Å². The SMILES string of the molecule is CCOC(=O)C(C)(CCc1ccccc1OCc1ccccc1)C(=O)OCC.CCOC(=O)C(C)C(=O)OCC. The Morgan fingerprint density at radius 2 is 1.18 bits per heavy atom. The van der Waals surface area contributed by atoms with Gasteiger partial charge < -0.3 is 23.7 Å². The van der Waals surface area contributed by atoms with E-state index in [0.717, 1.165) is 16.9 Å². The van der Waals surface area contributed by atoms with Gasteiger partial charge in [0.1, 0.15) is 12.4 Å². The van der Waals surface area contributed by atoms with E-state index in [4.69, 9.17) is 14.2 Å². The molecule has 2 aromatic rings. The van der Waals surface area contributed by atoms with E-state index in [9.17, 15) is 19.2 Å². The maximum atomic E-state index is 12.4. The number of aryl methyl sites for hydroxylation is 1. The molecular weight excluding hydrogens is 516 g/mol. The van der Waals surface area contributed by atoms with Gasteiger partial charge in [0, 0.05) is 0 Å². The summed E-state index contributed by atoms with van der Waals surface area (Å²) >= 11 is 0. The first-order chi connectivity index (χ1) is 19.1. The zero-order valence-electron chi connectivity index (χ0n) is 24.4. The van der Waals surface area contributed by atoms with E-state index >= 15 is 0 Å². The Kier molecular flexibility index (Phi) is 15.7. The van der Waals surface area contributed by atoms with Crippen LogP contribution in [0.5, 0.6) is 5.75 Å². The van der Waals surface area contributed by atoms with Crippen LogP contribution in [0.1, 0.15) is 59.1 Å². The zero-order chi connectivity index (χ0) is 30.0. The Labute approximate surface area is 237 Å². The molecule has 0 unspecified atom stereocenters. The van der Waals surface area contributed by atoms with Gasteiger partial charge in [-0.25, -0.2) is 0 Å². The summed E-state index contributed by atoms with van der Waals surface area (Å²) in [6.07, 6.45) is 0.759. The topological polar surface area (TPSA) is 114 Å². The van der Waals surface area contributed by atoms with Crippen LogP contribution in [0.15, 0.2) is 54.6 Å². The minimum absolute atomic E-state index is 0.213. The fourth-order valence-corrected chi connectivity index (χ4v) is 3.47. The lowest BCUT2D eigenvalue weighted by Crippen LogP contribution is -2.40. The molecule has 220 valence electrons. The summed E-state index contributed by atoms with van der Waals surface area (Å²) in [5.74, 6) is -2.26. The van der Waals surface area contributed by atoms with Gasteiger partial charge in [-0.2, -0.15) is 0 Å². The standard InChI is InChI=1S/C23H28O5.C8H14O4/c1-4-26-21(24)23(3,22(25)27-5-2)16-15-19-13-9-10-14-20(19)28-17-18-11-7-6-8-12-18;1-4-11-7(9)6(3)8(10)12-5-2/h6-14H,4-5,15-17H2,1-3H3;6H,4-5H2,1-3H3. The number of carbonyl (C=O) groups is 4. The van der Waals surface area contributed by atoms with Gasteiger partial charge >= 0.3 is 23.9 Å². The largest absolute Gasteiger partial charge is 0.489 e. The molecule has 9 nitrogen and oxygen atoms in total. The number of esters is 4. The summed E-state index contributed by atoms with van der Waals surface area (Å²) in [6.45, 7) is 11.3. The van der Waals surface area contributed by atoms with Crippen LogP contribution < -0.4 is 4.74 Å². The van der Waals surface area contributed by atoms with Gasteiger partial charge in [0.2, 0.25) is 0 Å². The quantitative estimate of drug-likeness (QED) is 0.178. The summed E-state index contributed by atoms with van der Waals surface area (Å²) in [4.78, 5) is 46.8. The van der Waals surface area contributed by atoms with E-state index in [2.05, 4.69) is 9.47 Å². The number of benzene rings is 2. The molecule has 0 saturated carbocycles. The van der Waals surface area contributed by atoms with Crippen molar-refractivity contribution in [2.75, 3.05) is 26.4 Å². The van der Waals surface area contributed by atoms with E-state index < -0.39 is 35.2 Å². The van der Waals surface area contributed by atoms with Crippen molar-refractivity contribution in [2.24, 2.45) is 11.3 Å². The van der Waals surface area contributed by atoms with Crippen molar-refractivity contribution in [3.05, 3.63) is 65.7 Å². The van der Waals surface area contributed by atoms with Gasteiger partial charge in [-0.3, -0.25) is 19.2 Å². The molecule has 0 saturated heterocycles. The first-order valence-corrected chi connectivity index (χ1v) is 13.6. The van der Waals surface area contributed by atoms with Crippen LogP contribution >= 0.6 is 0 Å². The lowest BCUT2D eigenvalue weighted by atomic mass is 9.84. The number of hydrogen-bond acceptors (Lipinski definition) is 9. The second-order valence-corrected chi connectivity index (χ2v) is 8.88. The van der Waals surface area contributed by atoms with Crippen molar-refractivity contribution in [2.45, 2.75) is 61.0 Å². The van der Waals surface area contributed by atoms with Gasteiger partial charge in [-0.15, -0.1) is 0 Å². The smallest absolute Gasteiger partial charge is 0.323 e. The molecule has 0 atom stereocenters. The lowest BCUT2D eigenvalue weighted by molar-refractivity contribution is -0.171. The third-order valence-corrected chi connectivity index (χ3v) is 5.84. The highest BCUT2D eigenvalue weighted by Crippen LogP contribution is 2.30. The highest BCUT2D eigenvalue weighted by molar-refractivity contribution is 5.99. The molecule has 0 fully saturated rings. The maximum Gasteiger partial charge on any atom is 0.323 e. The Morgan fingerprint density at radius 3 is 1.68 bits per heavy atom. The van der Waals surface area contributed by atoms with Crippen LogP contribution in [-0.4, -0.2) is 50.3 Å². The highest BCUT2D eigenvalue weighted by Gasteiger charge is 2.44. The molecule has 0 aliphatic heterocycles. The van der Waals surface area contributed by atoms with Gasteiger partial charge in [0.05, 0.1) is 26.4 Å². The van der Waals surface area contributed by atoms with Crippen molar-refractivity contribution in [3.8, 4) is 5.75 Å². The Balaban J connectivity index is 0.000000562. The zero-order valence-corrected chi connectivity index (χ0v) is 24.4. The third kappa shape index (κ3) is 11.1. The molecule has 0 spiro atoms. The molecular formula is C31H42O9. The molecule has 0 amide bonds. The van der Waals surface area contributed by atoms with Crippen molar-refractivity contribution >= 4 is 23.9 Å². The van der Waals surface area contributed by atoms with Crippen LogP contribution in [0.25, 0.3) is 0 Å². The monoisotopic (exact) mass is 558 g/mol. The van der Waals surface area contributed by atoms with Gasteiger partial charge in [0.25, 0.3) is 0 Å². The Hall–Kier alpha value is -3.88. The molecule has 2 rings (SSSR count). The van der Waals surface area contributed by atoms with E-state index in [-0.39, 0.29) is 32.8 Å². The summed E-state index contributed by atoms with van der Waals surface area (Å²) in [5.41, 5.74) is 0.650. The second kappa shape index (κ2) is 18.4. The molecule has 0 bridgehead atoms. The van der Waals surface area contributed by atoms with E-state index in [0.29, 0.717) is 13.0 Å². The molecule has 2 aromatic carbocycles. The molecule has 9 heteroatoms. The molecule has 0 heterocycles. The Bertz CT molecular complexity index is 1030. The molecule has 0 radical (unpaired) electrons. The summed E-state index contributed by atoms with van der Waals surface area (Å²) in [6, 6.07) is 17.5. The molecule has 0 aliphatic rings. The van der Waals surface area contributed by atoms with Crippen LogP contribution in [0.3, 0.4) is 0 Å².